The number of hydrazone groups is 1. The van der Waals surface area contributed by atoms with E-state index in [4.69, 9.17) is 21.1 Å². The van der Waals surface area contributed by atoms with Crippen LogP contribution in [0.2, 0.25) is 0 Å². The Labute approximate surface area is 148 Å². The van der Waals surface area contributed by atoms with E-state index in [0.717, 1.165) is 0 Å². The zero-order valence-corrected chi connectivity index (χ0v) is 14.0. The van der Waals surface area contributed by atoms with Crippen LogP contribution >= 0.6 is 0 Å². The Morgan fingerprint density at radius 2 is 2.12 bits per heavy atom. The summed E-state index contributed by atoms with van der Waals surface area (Å²) in [7, 11) is 0. The van der Waals surface area contributed by atoms with Gasteiger partial charge in [-0.05, 0) is 43.3 Å². The molecule has 0 amide bonds. The van der Waals surface area contributed by atoms with Crippen LogP contribution < -0.4 is 21.3 Å². The van der Waals surface area contributed by atoms with Gasteiger partial charge in [0.15, 0.2) is 11.3 Å². The number of nitrogens with two attached hydrogens (primary N) is 1. The van der Waals surface area contributed by atoms with E-state index >= 15 is 0 Å². The molecule has 0 bridgehead atoms. The van der Waals surface area contributed by atoms with Crippen molar-refractivity contribution in [1.82, 2.24) is 4.98 Å². The van der Waals surface area contributed by atoms with E-state index in [9.17, 15) is 4.79 Å². The molecule has 0 aliphatic rings. The minimum Gasteiger partial charge on any atom is -0.494 e. The van der Waals surface area contributed by atoms with Gasteiger partial charge in [0.25, 0.3) is 0 Å². The molecule has 0 saturated heterocycles. The first kappa shape index (κ1) is 17.0. The largest absolute Gasteiger partial charge is 0.494 e. The number of hydrogen-bond donors (Lipinski definition) is 4. The number of H-pyrrole nitrogens is 1. The van der Waals surface area contributed by atoms with Crippen molar-refractivity contribution in [3.63, 3.8) is 0 Å². The summed E-state index contributed by atoms with van der Waals surface area (Å²) >= 11 is 0. The number of anilines is 1. The maximum atomic E-state index is 12.7. The lowest BCUT2D eigenvalue weighted by Gasteiger charge is -2.08. The molecular weight excluding hydrogens is 332 g/mol. The Hall–Kier alpha value is -3.86. The highest BCUT2D eigenvalue weighted by molar-refractivity contribution is 6.45. The van der Waals surface area contributed by atoms with Crippen LogP contribution in [0.1, 0.15) is 6.92 Å². The molecular formula is C18H16N6O2. The first-order valence-corrected chi connectivity index (χ1v) is 7.84. The molecule has 2 aromatic carbocycles. The van der Waals surface area contributed by atoms with Crippen LogP contribution in [0, 0.1) is 16.7 Å². The highest BCUT2D eigenvalue weighted by Gasteiger charge is 2.08. The van der Waals surface area contributed by atoms with Crippen molar-refractivity contribution >= 4 is 39.0 Å². The number of aromatic nitrogens is 1. The number of aromatic amines is 1. The average molecular weight is 348 g/mol. The molecule has 130 valence electrons. The molecule has 3 aromatic rings. The monoisotopic (exact) mass is 348 g/mol. The molecule has 3 rings (SSSR count). The number of fused-ring (bicyclic) bond motifs is 2. The molecule has 5 N–H and O–H groups in total. The van der Waals surface area contributed by atoms with E-state index in [1.54, 1.807) is 42.5 Å². The minimum absolute atomic E-state index is 0.105. The lowest BCUT2D eigenvalue weighted by atomic mass is 10.1. The van der Waals surface area contributed by atoms with Crippen molar-refractivity contribution in [2.45, 2.75) is 6.92 Å². The van der Waals surface area contributed by atoms with Crippen molar-refractivity contribution in [2.75, 3.05) is 12.0 Å². The van der Waals surface area contributed by atoms with Crippen molar-refractivity contribution in [3.8, 4) is 11.8 Å². The Morgan fingerprint density at radius 3 is 2.81 bits per heavy atom. The van der Waals surface area contributed by atoms with Gasteiger partial charge in [-0.1, -0.05) is 0 Å². The van der Waals surface area contributed by atoms with Gasteiger partial charge in [-0.25, -0.2) is 0 Å². The van der Waals surface area contributed by atoms with Crippen molar-refractivity contribution in [2.24, 2.45) is 10.8 Å². The molecule has 0 spiro atoms. The third kappa shape index (κ3) is 3.18. The second kappa shape index (κ2) is 6.94. The molecule has 1 aromatic heterocycles. The fourth-order valence-electron chi connectivity index (χ4n) is 2.55. The zero-order valence-electron chi connectivity index (χ0n) is 14.0. The predicted molar refractivity (Wildman–Crippen MR) is 102 cm³/mol. The first-order chi connectivity index (χ1) is 12.5. The molecule has 0 unspecified atom stereocenters. The summed E-state index contributed by atoms with van der Waals surface area (Å²) in [6.07, 6.45) is 0. The normalized spacial score (nSPS) is 11.3. The summed E-state index contributed by atoms with van der Waals surface area (Å²) < 4.78 is 5.45. The standard InChI is InChI=1S/C18H16N6O2/c1-2-26-11-4-6-14-13(8-11)17(25)12-5-3-10(7-15(12)22-14)23-24-16(9-19)18(20)21/h3-8,23H,2H2,1H3,(H3,20,21)(H,22,25)/b24-16+. The van der Waals surface area contributed by atoms with Gasteiger partial charge in [-0.15, -0.1) is 0 Å². The molecule has 0 fully saturated rings. The number of benzene rings is 2. The lowest BCUT2D eigenvalue weighted by molar-refractivity contribution is 0.340. The van der Waals surface area contributed by atoms with Crippen LogP contribution in [-0.2, 0) is 0 Å². The van der Waals surface area contributed by atoms with E-state index in [1.165, 1.54) is 0 Å². The van der Waals surface area contributed by atoms with Crippen LogP contribution in [0.4, 0.5) is 5.69 Å². The Kier molecular flexibility index (Phi) is 4.53. The fraction of sp³-hybridized carbons (Fsp3) is 0.111. The molecule has 1 heterocycles. The Bertz CT molecular complexity index is 1140. The SMILES string of the molecule is CCOc1ccc2[nH]c3cc(N/N=C(\C#N)C(=N)N)ccc3c(=O)c2c1. The van der Waals surface area contributed by atoms with Gasteiger partial charge in [0, 0.05) is 10.8 Å². The molecule has 8 nitrogen and oxygen atoms in total. The number of nitrogens with one attached hydrogen (secondary N) is 3. The van der Waals surface area contributed by atoms with Gasteiger partial charge in [0.1, 0.15) is 11.8 Å². The maximum absolute atomic E-state index is 12.7. The molecule has 0 radical (unpaired) electrons. The molecule has 0 aliphatic carbocycles. The van der Waals surface area contributed by atoms with Gasteiger partial charge >= 0.3 is 0 Å². The van der Waals surface area contributed by atoms with Crippen molar-refractivity contribution in [1.29, 1.82) is 10.7 Å². The molecule has 8 heteroatoms. The van der Waals surface area contributed by atoms with E-state index in [2.05, 4.69) is 15.5 Å². The van der Waals surface area contributed by atoms with Crippen LogP contribution in [-0.4, -0.2) is 23.1 Å². The summed E-state index contributed by atoms with van der Waals surface area (Å²) in [6.45, 7) is 2.41. The molecule has 0 saturated carbocycles. The van der Waals surface area contributed by atoms with E-state index < -0.39 is 5.84 Å². The van der Waals surface area contributed by atoms with Gasteiger partial charge < -0.3 is 15.5 Å². The summed E-state index contributed by atoms with van der Waals surface area (Å²) in [6, 6.07) is 12.1. The number of rotatable bonds is 5. The number of amidine groups is 1. The van der Waals surface area contributed by atoms with Crippen LogP contribution in [0.25, 0.3) is 21.8 Å². The second-order valence-corrected chi connectivity index (χ2v) is 5.45. The summed E-state index contributed by atoms with van der Waals surface area (Å²) in [4.78, 5) is 16.0. The topological polar surface area (TPSA) is 140 Å². The predicted octanol–water partition coefficient (Wildman–Crippen LogP) is 2.31. The van der Waals surface area contributed by atoms with Gasteiger partial charge in [0.2, 0.25) is 5.71 Å². The van der Waals surface area contributed by atoms with Crippen LogP contribution in [0.15, 0.2) is 46.3 Å². The minimum atomic E-state index is -0.426. The van der Waals surface area contributed by atoms with Gasteiger partial charge in [0.05, 0.1) is 23.3 Å². The number of nitrogens with zero attached hydrogens (tertiary/aromatic N) is 2. The number of hydrogen-bond acceptors (Lipinski definition) is 6. The van der Waals surface area contributed by atoms with E-state index in [0.29, 0.717) is 39.8 Å². The number of pyridine rings is 1. The Morgan fingerprint density at radius 1 is 1.31 bits per heavy atom. The highest BCUT2D eigenvalue weighted by atomic mass is 16.5. The van der Waals surface area contributed by atoms with Crippen molar-refractivity contribution < 1.29 is 4.74 Å². The molecule has 26 heavy (non-hydrogen) atoms. The molecule has 0 aliphatic heterocycles. The molecule has 0 atom stereocenters. The summed E-state index contributed by atoms with van der Waals surface area (Å²) in [5.74, 6) is 0.219. The maximum Gasteiger partial charge on any atom is 0.201 e. The van der Waals surface area contributed by atoms with Gasteiger partial charge in [-0.3, -0.25) is 15.6 Å². The summed E-state index contributed by atoms with van der Waals surface area (Å²) in [5.41, 5.74) is 9.44. The quantitative estimate of drug-likeness (QED) is 0.242. The van der Waals surface area contributed by atoms with Gasteiger partial charge in [-0.2, -0.15) is 10.4 Å². The summed E-state index contributed by atoms with van der Waals surface area (Å²) in [5, 5.41) is 21.0. The fourth-order valence-corrected chi connectivity index (χ4v) is 2.55. The first-order valence-electron chi connectivity index (χ1n) is 7.84. The van der Waals surface area contributed by atoms with Crippen LogP contribution in [0.3, 0.4) is 0 Å². The highest BCUT2D eigenvalue weighted by Crippen LogP contribution is 2.22. The third-order valence-electron chi connectivity index (χ3n) is 3.74. The van der Waals surface area contributed by atoms with Crippen molar-refractivity contribution in [3.05, 3.63) is 46.6 Å². The van der Waals surface area contributed by atoms with E-state index in [-0.39, 0.29) is 11.1 Å². The van der Waals surface area contributed by atoms with Crippen LogP contribution in [0.5, 0.6) is 5.75 Å². The third-order valence-corrected chi connectivity index (χ3v) is 3.74. The number of nitriles is 1. The lowest BCUT2D eigenvalue weighted by Crippen LogP contribution is -2.21. The smallest absolute Gasteiger partial charge is 0.201 e. The second-order valence-electron chi connectivity index (χ2n) is 5.45. The zero-order chi connectivity index (χ0) is 18.7. The van der Waals surface area contributed by atoms with E-state index in [1.807, 2.05) is 6.92 Å². The Balaban J connectivity index is 2.07. The average Bonchev–Trinajstić information content (AvgIpc) is 2.63. The number of ether oxygens (including phenoxy) is 1.